The second kappa shape index (κ2) is 5.91. The molecule has 3 rings (SSSR count). The molecular weight excluding hydrogens is 350 g/mol. The number of aromatic nitrogens is 2. The molecule has 4 nitrogen and oxygen atoms in total. The number of amides is 1. The fourth-order valence-electron chi connectivity index (χ4n) is 2.15. The minimum atomic E-state index is -0.0524. The van der Waals surface area contributed by atoms with Crippen molar-refractivity contribution in [2.75, 3.05) is 7.05 Å². The number of thiophene rings is 1. The van der Waals surface area contributed by atoms with Gasteiger partial charge in [-0.25, -0.2) is 0 Å². The number of carbonyl (C=O) groups excluding carboxylic acids is 1. The van der Waals surface area contributed by atoms with E-state index in [0.717, 1.165) is 14.9 Å². The Morgan fingerprint density at radius 2 is 2.14 bits per heavy atom. The van der Waals surface area contributed by atoms with E-state index in [1.54, 1.807) is 41.7 Å². The third-order valence-electron chi connectivity index (χ3n) is 3.12. The third kappa shape index (κ3) is 2.96. The molecule has 0 saturated heterocycles. The van der Waals surface area contributed by atoms with Crippen molar-refractivity contribution < 1.29 is 4.79 Å². The largest absolute Gasteiger partial charge is 0.337 e. The van der Waals surface area contributed by atoms with Crippen molar-refractivity contribution >= 4 is 44.2 Å². The number of para-hydroxylation sites is 1. The monoisotopic (exact) mass is 361 g/mol. The second-order valence-corrected chi connectivity index (χ2v) is 6.94. The van der Waals surface area contributed by atoms with Gasteiger partial charge in [0.25, 0.3) is 5.91 Å². The minimum Gasteiger partial charge on any atom is -0.337 e. The van der Waals surface area contributed by atoms with Crippen molar-refractivity contribution in [2.45, 2.75) is 6.54 Å². The standard InChI is InChI=1S/C15H12BrN3OS/c1-19(8-10-7-13(16)21-9-10)15(20)11-3-2-4-12-14(11)18-6-5-17-12/h2-7,9H,8H2,1H3. The molecule has 0 unspecified atom stereocenters. The summed E-state index contributed by atoms with van der Waals surface area (Å²) in [6.45, 7) is 0.567. The first-order valence-corrected chi connectivity index (χ1v) is 8.00. The van der Waals surface area contributed by atoms with Crippen LogP contribution < -0.4 is 0 Å². The Hall–Kier alpha value is -1.79. The van der Waals surface area contributed by atoms with E-state index in [-0.39, 0.29) is 5.91 Å². The average molecular weight is 362 g/mol. The summed E-state index contributed by atoms with van der Waals surface area (Å²) in [4.78, 5) is 22.8. The molecule has 3 aromatic rings. The summed E-state index contributed by atoms with van der Waals surface area (Å²) in [6, 6.07) is 7.51. The molecule has 0 fully saturated rings. The first-order valence-electron chi connectivity index (χ1n) is 6.33. The zero-order chi connectivity index (χ0) is 14.8. The molecule has 1 amide bonds. The molecule has 106 valence electrons. The van der Waals surface area contributed by atoms with Crippen molar-refractivity contribution in [1.82, 2.24) is 14.9 Å². The van der Waals surface area contributed by atoms with E-state index < -0.39 is 0 Å². The van der Waals surface area contributed by atoms with E-state index in [9.17, 15) is 4.79 Å². The van der Waals surface area contributed by atoms with E-state index in [1.807, 2.05) is 23.6 Å². The fourth-order valence-corrected chi connectivity index (χ4v) is 3.35. The van der Waals surface area contributed by atoms with Gasteiger partial charge in [-0.05, 0) is 45.1 Å². The normalized spacial score (nSPS) is 10.8. The summed E-state index contributed by atoms with van der Waals surface area (Å²) >= 11 is 5.05. The maximum Gasteiger partial charge on any atom is 0.256 e. The third-order valence-corrected chi connectivity index (χ3v) is 4.67. The predicted molar refractivity (Wildman–Crippen MR) is 87.4 cm³/mol. The average Bonchev–Trinajstić information content (AvgIpc) is 2.91. The number of halogens is 1. The van der Waals surface area contributed by atoms with Crippen molar-refractivity contribution in [3.8, 4) is 0 Å². The van der Waals surface area contributed by atoms with Crippen molar-refractivity contribution in [3.63, 3.8) is 0 Å². The highest BCUT2D eigenvalue weighted by Crippen LogP contribution is 2.22. The van der Waals surface area contributed by atoms with Crippen molar-refractivity contribution in [1.29, 1.82) is 0 Å². The topological polar surface area (TPSA) is 46.1 Å². The van der Waals surface area contributed by atoms with Gasteiger partial charge in [0, 0.05) is 26.0 Å². The second-order valence-electron chi connectivity index (χ2n) is 4.65. The van der Waals surface area contributed by atoms with Gasteiger partial charge < -0.3 is 4.90 Å². The van der Waals surface area contributed by atoms with Crippen LogP contribution in [0, 0.1) is 0 Å². The van der Waals surface area contributed by atoms with Crippen LogP contribution in [0.2, 0.25) is 0 Å². The summed E-state index contributed by atoms with van der Waals surface area (Å²) < 4.78 is 1.06. The van der Waals surface area contributed by atoms with Gasteiger partial charge >= 0.3 is 0 Å². The van der Waals surface area contributed by atoms with E-state index in [4.69, 9.17) is 0 Å². The van der Waals surface area contributed by atoms with Crippen molar-refractivity contribution in [3.05, 3.63) is 57.0 Å². The number of rotatable bonds is 3. The van der Waals surface area contributed by atoms with E-state index in [0.29, 0.717) is 17.6 Å². The first-order chi connectivity index (χ1) is 10.1. The van der Waals surface area contributed by atoms with Crippen LogP contribution in [0.4, 0.5) is 0 Å². The Labute approximate surface area is 134 Å². The van der Waals surface area contributed by atoms with Crippen LogP contribution in [0.1, 0.15) is 15.9 Å². The number of hydrogen-bond donors (Lipinski definition) is 0. The zero-order valence-electron chi connectivity index (χ0n) is 11.3. The summed E-state index contributed by atoms with van der Waals surface area (Å²) in [6.07, 6.45) is 3.23. The number of fused-ring (bicyclic) bond motifs is 1. The fraction of sp³-hybridized carbons (Fsp3) is 0.133. The maximum absolute atomic E-state index is 12.6. The zero-order valence-corrected chi connectivity index (χ0v) is 13.7. The Balaban J connectivity index is 1.89. The van der Waals surface area contributed by atoms with Crippen LogP contribution in [-0.2, 0) is 6.54 Å². The quantitative estimate of drug-likeness (QED) is 0.713. The van der Waals surface area contributed by atoms with E-state index >= 15 is 0 Å². The van der Waals surface area contributed by atoms with Gasteiger partial charge in [-0.2, -0.15) is 0 Å². The molecule has 0 radical (unpaired) electrons. The van der Waals surface area contributed by atoms with Gasteiger partial charge in [-0.1, -0.05) is 6.07 Å². The van der Waals surface area contributed by atoms with Crippen LogP contribution in [0.3, 0.4) is 0 Å². The number of benzene rings is 1. The lowest BCUT2D eigenvalue weighted by atomic mass is 10.1. The first kappa shape index (κ1) is 14.2. The van der Waals surface area contributed by atoms with Crippen LogP contribution >= 0.6 is 27.3 Å². The Morgan fingerprint density at radius 3 is 2.90 bits per heavy atom. The molecule has 0 atom stereocenters. The predicted octanol–water partition coefficient (Wildman–Crippen LogP) is 3.73. The highest BCUT2D eigenvalue weighted by Gasteiger charge is 2.16. The molecule has 0 N–H and O–H groups in total. The highest BCUT2D eigenvalue weighted by molar-refractivity contribution is 9.11. The van der Waals surface area contributed by atoms with Crippen LogP contribution in [-0.4, -0.2) is 27.8 Å². The van der Waals surface area contributed by atoms with Gasteiger partial charge in [-0.15, -0.1) is 11.3 Å². The van der Waals surface area contributed by atoms with Crippen LogP contribution in [0.15, 0.2) is 45.8 Å². The summed E-state index contributed by atoms with van der Waals surface area (Å²) in [7, 11) is 1.79. The molecule has 2 aromatic heterocycles. The van der Waals surface area contributed by atoms with E-state index in [1.165, 1.54) is 0 Å². The maximum atomic E-state index is 12.6. The Bertz CT molecular complexity index is 797. The molecular formula is C15H12BrN3OS. The van der Waals surface area contributed by atoms with Gasteiger partial charge in [0.15, 0.2) is 0 Å². The number of nitrogens with zero attached hydrogens (tertiary/aromatic N) is 3. The van der Waals surface area contributed by atoms with Crippen molar-refractivity contribution in [2.24, 2.45) is 0 Å². The lowest BCUT2D eigenvalue weighted by molar-refractivity contribution is 0.0787. The lowest BCUT2D eigenvalue weighted by Gasteiger charge is -2.17. The molecule has 2 heterocycles. The summed E-state index contributed by atoms with van der Waals surface area (Å²) in [5.41, 5.74) is 3.06. The summed E-state index contributed by atoms with van der Waals surface area (Å²) in [5.74, 6) is -0.0524. The molecule has 6 heteroatoms. The highest BCUT2D eigenvalue weighted by atomic mass is 79.9. The number of hydrogen-bond acceptors (Lipinski definition) is 4. The van der Waals surface area contributed by atoms with Gasteiger partial charge in [0.2, 0.25) is 0 Å². The number of carbonyl (C=O) groups is 1. The molecule has 0 aliphatic rings. The molecule has 0 saturated carbocycles. The lowest BCUT2D eigenvalue weighted by Crippen LogP contribution is -2.26. The van der Waals surface area contributed by atoms with Gasteiger partial charge in [0.1, 0.15) is 5.52 Å². The molecule has 21 heavy (non-hydrogen) atoms. The molecule has 1 aromatic carbocycles. The van der Waals surface area contributed by atoms with E-state index in [2.05, 4.69) is 25.9 Å². The summed E-state index contributed by atoms with van der Waals surface area (Å²) in [5, 5.41) is 2.04. The molecule has 0 bridgehead atoms. The molecule has 0 spiro atoms. The molecule has 0 aliphatic carbocycles. The molecule has 0 aliphatic heterocycles. The Morgan fingerprint density at radius 1 is 1.33 bits per heavy atom. The van der Waals surface area contributed by atoms with Gasteiger partial charge in [-0.3, -0.25) is 14.8 Å². The van der Waals surface area contributed by atoms with Crippen LogP contribution in [0.5, 0.6) is 0 Å². The smallest absolute Gasteiger partial charge is 0.256 e. The minimum absolute atomic E-state index is 0.0524. The SMILES string of the molecule is CN(Cc1csc(Br)c1)C(=O)c1cccc2nccnc12. The van der Waals surface area contributed by atoms with Gasteiger partial charge in [0.05, 0.1) is 14.9 Å². The van der Waals surface area contributed by atoms with Crippen LogP contribution in [0.25, 0.3) is 11.0 Å². The Kier molecular flexibility index (Phi) is 3.98.